The van der Waals surface area contributed by atoms with Crippen molar-refractivity contribution in [2.75, 3.05) is 36.4 Å². The van der Waals surface area contributed by atoms with Gasteiger partial charge in [0.05, 0.1) is 6.20 Å². The summed E-state index contributed by atoms with van der Waals surface area (Å²) in [7, 11) is 0. The number of anilines is 2. The zero-order valence-corrected chi connectivity index (χ0v) is 18.6. The number of nitrogens with one attached hydrogen (secondary N) is 2. The molecule has 0 radical (unpaired) electrons. The van der Waals surface area contributed by atoms with Crippen molar-refractivity contribution in [2.24, 2.45) is 0 Å². The van der Waals surface area contributed by atoms with Crippen molar-refractivity contribution in [2.45, 2.75) is 0 Å². The number of benzene rings is 2. The minimum atomic E-state index is -0.291. The van der Waals surface area contributed by atoms with Crippen LogP contribution in [0.15, 0.2) is 60.9 Å². The standard InChI is InChI=1S/C23H20Cl2N6O/c24-16-10-15(11-17(25)12-16)20-14-27-31-7-4-21(29-22(20)31)23(32)28-18-2-1-3-19(13-18)30-8-5-26-6-9-30/h1-4,7,10-14,26H,5-6,8-9H2,(H,28,32). The Bertz CT molecular complexity index is 1280. The highest BCUT2D eigenvalue weighted by atomic mass is 35.5. The average Bonchev–Trinajstić information content (AvgIpc) is 3.22. The van der Waals surface area contributed by atoms with Crippen LogP contribution in [0.4, 0.5) is 11.4 Å². The van der Waals surface area contributed by atoms with E-state index in [1.807, 2.05) is 18.2 Å². The van der Waals surface area contributed by atoms with Crippen LogP contribution in [0.2, 0.25) is 10.0 Å². The lowest BCUT2D eigenvalue weighted by atomic mass is 10.1. The Balaban J connectivity index is 1.42. The van der Waals surface area contributed by atoms with E-state index in [0.29, 0.717) is 21.4 Å². The summed E-state index contributed by atoms with van der Waals surface area (Å²) in [6.07, 6.45) is 3.40. The minimum absolute atomic E-state index is 0.291. The molecule has 1 fully saturated rings. The van der Waals surface area contributed by atoms with Gasteiger partial charge in [-0.3, -0.25) is 4.79 Å². The number of halogens is 2. The van der Waals surface area contributed by atoms with Gasteiger partial charge in [-0.25, -0.2) is 9.50 Å². The fraction of sp³-hybridized carbons (Fsp3) is 0.174. The Morgan fingerprint density at radius 3 is 2.59 bits per heavy atom. The molecule has 2 N–H and O–H groups in total. The summed E-state index contributed by atoms with van der Waals surface area (Å²) in [6, 6.07) is 14.8. The molecule has 1 saturated heterocycles. The van der Waals surface area contributed by atoms with Gasteiger partial charge in [-0.05, 0) is 48.0 Å². The van der Waals surface area contributed by atoms with E-state index in [0.717, 1.165) is 48.7 Å². The molecular weight excluding hydrogens is 447 g/mol. The SMILES string of the molecule is O=C(Nc1cccc(N2CCNCC2)c1)c1ccn2ncc(-c3cc(Cl)cc(Cl)c3)c2n1. The van der Waals surface area contributed by atoms with Crippen molar-refractivity contribution in [3.8, 4) is 11.1 Å². The summed E-state index contributed by atoms with van der Waals surface area (Å²) in [4.78, 5) is 19.8. The molecule has 0 saturated carbocycles. The number of piperazine rings is 1. The number of carbonyl (C=O) groups is 1. The quantitative estimate of drug-likeness (QED) is 0.467. The Kier molecular flexibility index (Phi) is 5.70. The van der Waals surface area contributed by atoms with E-state index in [-0.39, 0.29) is 5.91 Å². The molecule has 1 amide bonds. The summed E-state index contributed by atoms with van der Waals surface area (Å²) in [5, 5.41) is 11.7. The molecule has 0 spiro atoms. The topological polar surface area (TPSA) is 74.6 Å². The van der Waals surface area contributed by atoms with Gasteiger partial charge >= 0.3 is 0 Å². The van der Waals surface area contributed by atoms with E-state index in [4.69, 9.17) is 23.2 Å². The van der Waals surface area contributed by atoms with Crippen molar-refractivity contribution in [1.29, 1.82) is 0 Å². The summed E-state index contributed by atoms with van der Waals surface area (Å²) in [5.74, 6) is -0.291. The molecule has 1 aliphatic heterocycles. The molecule has 5 rings (SSSR count). The minimum Gasteiger partial charge on any atom is -0.369 e. The maximum absolute atomic E-state index is 13.0. The summed E-state index contributed by atoms with van der Waals surface area (Å²) in [5.41, 5.74) is 4.17. The molecule has 7 nitrogen and oxygen atoms in total. The zero-order chi connectivity index (χ0) is 22.1. The third-order valence-corrected chi connectivity index (χ3v) is 5.80. The van der Waals surface area contributed by atoms with Crippen LogP contribution in [0.25, 0.3) is 16.8 Å². The van der Waals surface area contributed by atoms with Crippen molar-refractivity contribution in [3.05, 3.63) is 76.7 Å². The lowest BCUT2D eigenvalue weighted by Gasteiger charge is -2.29. The molecule has 0 aliphatic carbocycles. The normalized spacial score (nSPS) is 14.0. The van der Waals surface area contributed by atoms with E-state index < -0.39 is 0 Å². The maximum Gasteiger partial charge on any atom is 0.274 e. The molecular formula is C23H20Cl2N6O. The van der Waals surface area contributed by atoms with E-state index in [2.05, 4.69) is 31.7 Å². The summed E-state index contributed by atoms with van der Waals surface area (Å²) < 4.78 is 1.62. The van der Waals surface area contributed by atoms with Crippen molar-refractivity contribution in [3.63, 3.8) is 0 Å². The summed E-state index contributed by atoms with van der Waals surface area (Å²) in [6.45, 7) is 3.78. The van der Waals surface area contributed by atoms with Crippen LogP contribution in [0.5, 0.6) is 0 Å². The third-order valence-electron chi connectivity index (χ3n) is 5.36. The van der Waals surface area contributed by atoms with Gasteiger partial charge in [0.15, 0.2) is 5.65 Å². The number of carbonyl (C=O) groups excluding carboxylic acids is 1. The number of hydrogen-bond donors (Lipinski definition) is 2. The predicted molar refractivity (Wildman–Crippen MR) is 128 cm³/mol. The Hall–Kier alpha value is -3.13. The van der Waals surface area contributed by atoms with Gasteiger partial charge in [0.2, 0.25) is 0 Å². The number of fused-ring (bicyclic) bond motifs is 1. The molecule has 0 bridgehead atoms. The lowest BCUT2D eigenvalue weighted by molar-refractivity contribution is 0.102. The molecule has 0 atom stereocenters. The monoisotopic (exact) mass is 466 g/mol. The van der Waals surface area contributed by atoms with E-state index in [1.54, 1.807) is 41.2 Å². The summed E-state index contributed by atoms with van der Waals surface area (Å²) >= 11 is 12.3. The molecule has 32 heavy (non-hydrogen) atoms. The second-order valence-electron chi connectivity index (χ2n) is 7.54. The van der Waals surface area contributed by atoms with Gasteiger partial charge < -0.3 is 15.5 Å². The molecule has 2 aromatic carbocycles. The van der Waals surface area contributed by atoms with E-state index in [9.17, 15) is 4.79 Å². The number of amides is 1. The van der Waals surface area contributed by atoms with Gasteiger partial charge in [-0.15, -0.1) is 0 Å². The van der Waals surface area contributed by atoms with Gasteiger partial charge in [-0.1, -0.05) is 29.3 Å². The first-order valence-electron chi connectivity index (χ1n) is 10.2. The first-order valence-corrected chi connectivity index (χ1v) is 11.0. The van der Waals surface area contributed by atoms with Crippen molar-refractivity contribution >= 4 is 46.1 Å². The van der Waals surface area contributed by atoms with E-state index >= 15 is 0 Å². The Labute approximate surface area is 195 Å². The number of hydrogen-bond acceptors (Lipinski definition) is 5. The van der Waals surface area contributed by atoms with Crippen LogP contribution >= 0.6 is 23.2 Å². The Morgan fingerprint density at radius 2 is 1.81 bits per heavy atom. The van der Waals surface area contributed by atoms with Gasteiger partial charge in [-0.2, -0.15) is 5.10 Å². The first kappa shape index (κ1) is 20.8. The zero-order valence-electron chi connectivity index (χ0n) is 17.1. The fourth-order valence-electron chi connectivity index (χ4n) is 3.81. The van der Waals surface area contributed by atoms with Crippen LogP contribution in [-0.4, -0.2) is 46.7 Å². The van der Waals surface area contributed by atoms with Crippen LogP contribution < -0.4 is 15.5 Å². The second kappa shape index (κ2) is 8.78. The molecule has 3 heterocycles. The molecule has 9 heteroatoms. The highest BCUT2D eigenvalue weighted by Gasteiger charge is 2.15. The molecule has 4 aromatic rings. The molecule has 2 aromatic heterocycles. The molecule has 0 unspecified atom stereocenters. The van der Waals surface area contributed by atoms with Gasteiger partial charge in [0, 0.05) is 59.4 Å². The Morgan fingerprint density at radius 1 is 1.03 bits per heavy atom. The highest BCUT2D eigenvalue weighted by molar-refractivity contribution is 6.35. The lowest BCUT2D eigenvalue weighted by Crippen LogP contribution is -2.43. The second-order valence-corrected chi connectivity index (χ2v) is 8.41. The predicted octanol–water partition coefficient (Wildman–Crippen LogP) is 4.37. The van der Waals surface area contributed by atoms with Gasteiger partial charge in [0.25, 0.3) is 5.91 Å². The number of nitrogens with zero attached hydrogens (tertiary/aromatic N) is 4. The molecule has 162 valence electrons. The fourth-order valence-corrected chi connectivity index (χ4v) is 4.33. The van der Waals surface area contributed by atoms with Crippen LogP contribution in [0.1, 0.15) is 10.5 Å². The van der Waals surface area contributed by atoms with Crippen LogP contribution in [0.3, 0.4) is 0 Å². The van der Waals surface area contributed by atoms with Crippen molar-refractivity contribution < 1.29 is 4.79 Å². The smallest absolute Gasteiger partial charge is 0.274 e. The number of aromatic nitrogens is 3. The van der Waals surface area contributed by atoms with E-state index in [1.165, 1.54) is 0 Å². The van der Waals surface area contributed by atoms with Crippen LogP contribution in [-0.2, 0) is 0 Å². The average molecular weight is 467 g/mol. The largest absolute Gasteiger partial charge is 0.369 e. The van der Waals surface area contributed by atoms with Crippen LogP contribution in [0, 0.1) is 0 Å². The molecule has 1 aliphatic rings. The van der Waals surface area contributed by atoms with Crippen molar-refractivity contribution in [1.82, 2.24) is 19.9 Å². The van der Waals surface area contributed by atoms with Gasteiger partial charge in [0.1, 0.15) is 5.69 Å². The highest BCUT2D eigenvalue weighted by Crippen LogP contribution is 2.29. The number of rotatable bonds is 4. The maximum atomic E-state index is 13.0. The first-order chi connectivity index (χ1) is 15.6. The third kappa shape index (κ3) is 4.27.